The number of imide groups is 1. The van der Waals surface area contributed by atoms with Crippen molar-refractivity contribution in [2.24, 2.45) is 0 Å². The molecule has 0 aromatic heterocycles. The van der Waals surface area contributed by atoms with Crippen molar-refractivity contribution in [3.05, 3.63) is 18.2 Å². The molecule has 2 saturated heterocycles. The second-order valence-electron chi connectivity index (χ2n) is 7.88. The molecular weight excluding hydrogens is 364 g/mol. The largest absolute Gasteiger partial charge is 0.506 e. The molecule has 28 heavy (non-hydrogen) atoms. The first kappa shape index (κ1) is 19.8. The van der Waals surface area contributed by atoms with Gasteiger partial charge in [-0.05, 0) is 32.9 Å². The maximum Gasteiger partial charge on any atom is 0.410 e. The molecule has 0 spiro atoms. The van der Waals surface area contributed by atoms with E-state index in [-0.39, 0.29) is 30.7 Å². The summed E-state index contributed by atoms with van der Waals surface area (Å²) in [5.41, 5.74) is 0.632. The number of rotatable bonds is 2. The third-order valence-corrected chi connectivity index (χ3v) is 4.60. The van der Waals surface area contributed by atoms with E-state index in [2.05, 4.69) is 5.32 Å². The molecule has 1 aromatic carbocycles. The molecule has 9 nitrogen and oxygen atoms in total. The van der Waals surface area contributed by atoms with Crippen LogP contribution in [-0.4, -0.2) is 66.4 Å². The summed E-state index contributed by atoms with van der Waals surface area (Å²) in [5.74, 6) is -0.252. The highest BCUT2D eigenvalue weighted by Gasteiger charge is 2.28. The minimum Gasteiger partial charge on any atom is -0.506 e. The Balaban J connectivity index is 1.63. The summed E-state index contributed by atoms with van der Waals surface area (Å²) in [4.78, 5) is 40.5. The number of ether oxygens (including phenoxy) is 1. The van der Waals surface area contributed by atoms with Crippen molar-refractivity contribution in [3.63, 3.8) is 0 Å². The summed E-state index contributed by atoms with van der Waals surface area (Å²) < 4.78 is 5.39. The Hall–Kier alpha value is -2.97. The van der Waals surface area contributed by atoms with Crippen LogP contribution in [0.25, 0.3) is 0 Å². The van der Waals surface area contributed by atoms with Gasteiger partial charge in [0.05, 0.1) is 5.69 Å². The molecule has 9 heteroatoms. The number of phenols is 1. The first-order chi connectivity index (χ1) is 13.1. The van der Waals surface area contributed by atoms with Crippen LogP contribution in [0.3, 0.4) is 0 Å². The van der Waals surface area contributed by atoms with Crippen molar-refractivity contribution in [1.82, 2.24) is 10.2 Å². The maximum atomic E-state index is 12.2. The van der Waals surface area contributed by atoms with Gasteiger partial charge < -0.3 is 19.6 Å². The van der Waals surface area contributed by atoms with Crippen LogP contribution in [0.4, 0.5) is 21.0 Å². The lowest BCUT2D eigenvalue weighted by molar-refractivity contribution is -0.120. The number of aromatic hydroxyl groups is 1. The van der Waals surface area contributed by atoms with Gasteiger partial charge in [-0.1, -0.05) is 0 Å². The SMILES string of the molecule is CC(C)(C)OC(=O)N1CCN(c2ccc(N3CCC(=O)NC3=O)cc2O)CC1. The molecule has 152 valence electrons. The van der Waals surface area contributed by atoms with Gasteiger partial charge in [0.15, 0.2) is 0 Å². The minimum absolute atomic E-state index is 0.0490. The van der Waals surface area contributed by atoms with Crippen molar-refractivity contribution in [2.45, 2.75) is 32.8 Å². The quantitative estimate of drug-likeness (QED) is 0.800. The van der Waals surface area contributed by atoms with Crippen molar-refractivity contribution < 1.29 is 24.2 Å². The molecule has 0 bridgehead atoms. The Labute approximate surface area is 163 Å². The fraction of sp³-hybridized carbons (Fsp3) is 0.526. The zero-order chi connectivity index (χ0) is 20.5. The van der Waals surface area contributed by atoms with Gasteiger partial charge in [0.25, 0.3) is 0 Å². The predicted octanol–water partition coefficient (Wildman–Crippen LogP) is 1.90. The number of piperazine rings is 1. The van der Waals surface area contributed by atoms with Gasteiger partial charge in [0.2, 0.25) is 5.91 Å². The van der Waals surface area contributed by atoms with Crippen LogP contribution in [0.1, 0.15) is 27.2 Å². The van der Waals surface area contributed by atoms with E-state index in [0.29, 0.717) is 37.6 Å². The predicted molar refractivity (Wildman–Crippen MR) is 104 cm³/mol. The van der Waals surface area contributed by atoms with Gasteiger partial charge in [-0.2, -0.15) is 0 Å². The van der Waals surface area contributed by atoms with Crippen LogP contribution in [0.5, 0.6) is 5.75 Å². The average Bonchev–Trinajstić information content (AvgIpc) is 2.60. The molecule has 1 aromatic rings. The van der Waals surface area contributed by atoms with Crippen molar-refractivity contribution in [1.29, 1.82) is 0 Å². The minimum atomic E-state index is -0.534. The highest BCUT2D eigenvalue weighted by Crippen LogP contribution is 2.33. The molecule has 0 atom stereocenters. The number of benzene rings is 1. The van der Waals surface area contributed by atoms with Crippen LogP contribution in [0.15, 0.2) is 18.2 Å². The Morgan fingerprint density at radius 2 is 1.79 bits per heavy atom. The molecule has 2 aliphatic heterocycles. The number of hydrogen-bond acceptors (Lipinski definition) is 6. The molecule has 2 heterocycles. The first-order valence-corrected chi connectivity index (χ1v) is 9.31. The lowest BCUT2D eigenvalue weighted by Gasteiger charge is -2.37. The van der Waals surface area contributed by atoms with E-state index in [1.165, 1.54) is 11.0 Å². The zero-order valence-corrected chi connectivity index (χ0v) is 16.4. The third-order valence-electron chi connectivity index (χ3n) is 4.60. The van der Waals surface area contributed by atoms with Crippen LogP contribution in [0.2, 0.25) is 0 Å². The highest BCUT2D eigenvalue weighted by molar-refractivity contribution is 6.05. The lowest BCUT2D eigenvalue weighted by Crippen LogP contribution is -2.50. The fourth-order valence-electron chi connectivity index (χ4n) is 3.21. The second-order valence-corrected chi connectivity index (χ2v) is 7.88. The average molecular weight is 390 g/mol. The Morgan fingerprint density at radius 1 is 1.11 bits per heavy atom. The van der Waals surface area contributed by atoms with Gasteiger partial charge in [-0.3, -0.25) is 15.0 Å². The summed E-state index contributed by atoms with van der Waals surface area (Å²) in [6, 6.07) is 4.52. The van der Waals surface area contributed by atoms with Gasteiger partial charge >= 0.3 is 12.1 Å². The number of nitrogens with zero attached hydrogens (tertiary/aromatic N) is 3. The van der Waals surface area contributed by atoms with Crippen LogP contribution < -0.4 is 15.1 Å². The molecule has 0 unspecified atom stereocenters. The van der Waals surface area contributed by atoms with Crippen LogP contribution in [0, 0.1) is 0 Å². The van der Waals surface area contributed by atoms with E-state index in [1.54, 1.807) is 17.0 Å². The van der Waals surface area contributed by atoms with Crippen molar-refractivity contribution in [2.75, 3.05) is 42.5 Å². The molecule has 4 amide bonds. The number of urea groups is 1. The fourth-order valence-corrected chi connectivity index (χ4v) is 3.21. The molecule has 2 aliphatic rings. The molecule has 0 aliphatic carbocycles. The van der Waals surface area contributed by atoms with E-state index in [1.807, 2.05) is 25.7 Å². The number of carbonyl (C=O) groups is 3. The molecular formula is C19H26N4O5. The standard InChI is InChI=1S/C19H26N4O5/c1-19(2,3)28-18(27)22-10-8-21(9-11-22)14-5-4-13(12-15(14)24)23-7-6-16(25)20-17(23)26/h4-5,12,24H,6-11H2,1-3H3,(H,20,25,26). The first-order valence-electron chi connectivity index (χ1n) is 9.31. The zero-order valence-electron chi connectivity index (χ0n) is 16.4. The number of nitrogens with one attached hydrogen (secondary N) is 1. The van der Waals surface area contributed by atoms with Crippen LogP contribution >= 0.6 is 0 Å². The summed E-state index contributed by atoms with van der Waals surface area (Å²) in [6.45, 7) is 7.88. The van der Waals surface area contributed by atoms with Crippen molar-refractivity contribution in [3.8, 4) is 5.75 Å². The maximum absolute atomic E-state index is 12.2. The Kier molecular flexibility index (Phi) is 5.35. The number of hydrogen-bond donors (Lipinski definition) is 2. The highest BCUT2D eigenvalue weighted by atomic mass is 16.6. The van der Waals surface area contributed by atoms with Gasteiger partial charge in [-0.25, -0.2) is 9.59 Å². The Bertz CT molecular complexity index is 781. The van der Waals surface area contributed by atoms with Gasteiger partial charge in [0, 0.05) is 50.9 Å². The monoisotopic (exact) mass is 390 g/mol. The number of carbonyl (C=O) groups excluding carboxylic acids is 3. The van der Waals surface area contributed by atoms with E-state index < -0.39 is 11.6 Å². The smallest absolute Gasteiger partial charge is 0.410 e. The summed E-state index contributed by atoms with van der Waals surface area (Å²) in [5, 5.41) is 12.7. The van der Waals surface area contributed by atoms with Gasteiger partial charge in [-0.15, -0.1) is 0 Å². The second kappa shape index (κ2) is 7.57. The van der Waals surface area contributed by atoms with E-state index in [0.717, 1.165) is 0 Å². The van der Waals surface area contributed by atoms with Crippen LogP contribution in [-0.2, 0) is 9.53 Å². The molecule has 0 saturated carbocycles. The number of phenolic OH excluding ortho intramolecular Hbond substituents is 1. The number of amides is 4. The summed E-state index contributed by atoms with van der Waals surface area (Å²) >= 11 is 0. The summed E-state index contributed by atoms with van der Waals surface area (Å²) in [7, 11) is 0. The summed E-state index contributed by atoms with van der Waals surface area (Å²) in [6.07, 6.45) is -0.113. The van der Waals surface area contributed by atoms with Crippen molar-refractivity contribution >= 4 is 29.4 Å². The van der Waals surface area contributed by atoms with E-state index >= 15 is 0 Å². The van der Waals surface area contributed by atoms with E-state index in [4.69, 9.17) is 4.74 Å². The van der Waals surface area contributed by atoms with E-state index in [9.17, 15) is 19.5 Å². The number of anilines is 2. The molecule has 2 fully saturated rings. The third kappa shape index (κ3) is 4.47. The topological polar surface area (TPSA) is 102 Å². The molecule has 3 rings (SSSR count). The Morgan fingerprint density at radius 3 is 2.36 bits per heavy atom. The van der Waals surface area contributed by atoms with Gasteiger partial charge in [0.1, 0.15) is 11.4 Å². The lowest BCUT2D eigenvalue weighted by atomic mass is 10.2. The molecule has 2 N–H and O–H groups in total. The molecule has 0 radical (unpaired) electrons. The normalized spacial score (nSPS) is 18.2.